The molecular formula is C11H16ClN3O. The van der Waals surface area contributed by atoms with Crippen molar-refractivity contribution in [2.24, 2.45) is 0 Å². The largest absolute Gasteiger partial charge is 0.294 e. The maximum Gasteiger partial charge on any atom is 0.230 e. The summed E-state index contributed by atoms with van der Waals surface area (Å²) in [6.45, 7) is 2.14. The first-order valence-corrected chi connectivity index (χ1v) is 5.88. The van der Waals surface area contributed by atoms with Gasteiger partial charge in [0.1, 0.15) is 5.15 Å². The zero-order valence-corrected chi connectivity index (χ0v) is 10.1. The van der Waals surface area contributed by atoms with E-state index in [1.54, 1.807) is 6.07 Å². The van der Waals surface area contributed by atoms with E-state index < -0.39 is 0 Å². The van der Waals surface area contributed by atoms with Crippen LogP contribution in [0.5, 0.6) is 0 Å². The highest BCUT2D eigenvalue weighted by Crippen LogP contribution is 2.07. The standard InChI is InChI=1S/C11H16ClN3O/c1-2-3-4-5-6-10(16)15-11-13-8-7-9(12)14-11/h7-8H,2-6H2,1H3,(H,13,14,15,16). The number of nitrogens with one attached hydrogen (secondary N) is 1. The van der Waals surface area contributed by atoms with E-state index in [1.807, 2.05) is 0 Å². The van der Waals surface area contributed by atoms with Crippen LogP contribution in [0, 0.1) is 0 Å². The number of carbonyl (C=O) groups is 1. The van der Waals surface area contributed by atoms with E-state index in [2.05, 4.69) is 22.2 Å². The second kappa shape index (κ2) is 7.17. The van der Waals surface area contributed by atoms with E-state index in [0.29, 0.717) is 11.6 Å². The van der Waals surface area contributed by atoms with Crippen molar-refractivity contribution in [1.82, 2.24) is 9.97 Å². The molecule has 88 valence electrons. The molecule has 0 bridgehead atoms. The van der Waals surface area contributed by atoms with Gasteiger partial charge in [-0.3, -0.25) is 10.1 Å². The molecule has 0 fully saturated rings. The number of carbonyl (C=O) groups excluding carboxylic acids is 1. The van der Waals surface area contributed by atoms with Gasteiger partial charge in [-0.25, -0.2) is 9.97 Å². The van der Waals surface area contributed by atoms with E-state index >= 15 is 0 Å². The Balaban J connectivity index is 2.29. The lowest BCUT2D eigenvalue weighted by molar-refractivity contribution is -0.116. The first-order chi connectivity index (χ1) is 7.72. The molecule has 1 amide bonds. The van der Waals surface area contributed by atoms with Gasteiger partial charge in [0.15, 0.2) is 0 Å². The molecule has 5 heteroatoms. The Hall–Kier alpha value is -1.16. The normalized spacial score (nSPS) is 10.1. The Morgan fingerprint density at radius 1 is 1.44 bits per heavy atom. The van der Waals surface area contributed by atoms with Crippen molar-refractivity contribution in [2.75, 3.05) is 5.32 Å². The lowest BCUT2D eigenvalue weighted by Gasteiger charge is -2.03. The van der Waals surface area contributed by atoms with Gasteiger partial charge >= 0.3 is 0 Å². The highest BCUT2D eigenvalue weighted by atomic mass is 35.5. The van der Waals surface area contributed by atoms with Crippen molar-refractivity contribution < 1.29 is 4.79 Å². The van der Waals surface area contributed by atoms with Crippen LogP contribution in [0.1, 0.15) is 39.0 Å². The maximum absolute atomic E-state index is 11.5. The van der Waals surface area contributed by atoms with Crippen LogP contribution in [0.2, 0.25) is 5.15 Å². The van der Waals surface area contributed by atoms with Gasteiger partial charge in [0.05, 0.1) is 0 Å². The number of amides is 1. The maximum atomic E-state index is 11.5. The number of aromatic nitrogens is 2. The fraction of sp³-hybridized carbons (Fsp3) is 0.545. The molecule has 0 saturated carbocycles. The fourth-order valence-corrected chi connectivity index (χ4v) is 1.43. The van der Waals surface area contributed by atoms with Gasteiger partial charge in [0.2, 0.25) is 11.9 Å². The topological polar surface area (TPSA) is 54.9 Å². The second-order valence-corrected chi connectivity index (χ2v) is 3.95. The van der Waals surface area contributed by atoms with Gasteiger partial charge in [-0.05, 0) is 12.5 Å². The van der Waals surface area contributed by atoms with Crippen LogP contribution in [0.25, 0.3) is 0 Å². The van der Waals surface area contributed by atoms with Crippen LogP contribution in [0.4, 0.5) is 5.95 Å². The molecule has 1 heterocycles. The Morgan fingerprint density at radius 2 is 2.25 bits per heavy atom. The van der Waals surface area contributed by atoms with Gasteiger partial charge in [0, 0.05) is 12.6 Å². The van der Waals surface area contributed by atoms with Gasteiger partial charge in [-0.15, -0.1) is 0 Å². The molecule has 0 saturated heterocycles. The van der Waals surface area contributed by atoms with Gasteiger partial charge in [-0.2, -0.15) is 0 Å². The molecule has 0 aromatic carbocycles. The van der Waals surface area contributed by atoms with Gasteiger partial charge < -0.3 is 0 Å². The summed E-state index contributed by atoms with van der Waals surface area (Å²) in [4.78, 5) is 19.2. The Labute approximate surface area is 100 Å². The van der Waals surface area contributed by atoms with Crippen LogP contribution in [-0.2, 0) is 4.79 Å². The van der Waals surface area contributed by atoms with Crippen LogP contribution >= 0.6 is 11.6 Å². The highest BCUT2D eigenvalue weighted by molar-refractivity contribution is 6.29. The predicted molar refractivity (Wildman–Crippen MR) is 64.4 cm³/mol. The number of hydrogen-bond acceptors (Lipinski definition) is 3. The summed E-state index contributed by atoms with van der Waals surface area (Å²) in [5, 5.41) is 2.94. The predicted octanol–water partition coefficient (Wildman–Crippen LogP) is 3.04. The minimum absolute atomic E-state index is 0.0571. The van der Waals surface area contributed by atoms with E-state index in [0.717, 1.165) is 12.8 Å². The Bertz CT molecular complexity index is 344. The SMILES string of the molecule is CCCCCCC(=O)Nc1nccc(Cl)n1. The van der Waals surface area contributed by atoms with E-state index in [1.165, 1.54) is 19.0 Å². The van der Waals surface area contributed by atoms with Crippen molar-refractivity contribution in [3.8, 4) is 0 Å². The molecule has 0 aliphatic carbocycles. The summed E-state index contributed by atoms with van der Waals surface area (Å²) in [7, 11) is 0. The molecule has 0 aliphatic heterocycles. The summed E-state index contributed by atoms with van der Waals surface area (Å²) in [5.41, 5.74) is 0. The molecule has 0 radical (unpaired) electrons. The molecular weight excluding hydrogens is 226 g/mol. The quantitative estimate of drug-likeness (QED) is 0.615. The van der Waals surface area contributed by atoms with Gasteiger partial charge in [0.25, 0.3) is 0 Å². The van der Waals surface area contributed by atoms with Crippen LogP contribution in [0.15, 0.2) is 12.3 Å². The van der Waals surface area contributed by atoms with Gasteiger partial charge in [-0.1, -0.05) is 37.8 Å². The number of nitrogens with zero attached hydrogens (tertiary/aromatic N) is 2. The summed E-state index contributed by atoms with van der Waals surface area (Å²) in [5.74, 6) is 0.214. The third kappa shape index (κ3) is 5.07. The third-order valence-electron chi connectivity index (χ3n) is 2.13. The van der Waals surface area contributed by atoms with Crippen LogP contribution < -0.4 is 5.32 Å². The molecule has 0 unspecified atom stereocenters. The molecule has 0 spiro atoms. The summed E-state index contributed by atoms with van der Waals surface area (Å²) in [6, 6.07) is 1.57. The average Bonchev–Trinajstić information content (AvgIpc) is 2.24. The molecule has 0 aliphatic rings. The molecule has 4 nitrogen and oxygen atoms in total. The number of anilines is 1. The zero-order chi connectivity index (χ0) is 11.8. The van der Waals surface area contributed by atoms with Crippen molar-refractivity contribution in [3.05, 3.63) is 17.4 Å². The first kappa shape index (κ1) is 12.9. The number of hydrogen-bond donors (Lipinski definition) is 1. The van der Waals surface area contributed by atoms with Crippen LogP contribution in [-0.4, -0.2) is 15.9 Å². The Morgan fingerprint density at radius 3 is 2.94 bits per heavy atom. The third-order valence-corrected chi connectivity index (χ3v) is 2.34. The van der Waals surface area contributed by atoms with Crippen LogP contribution in [0.3, 0.4) is 0 Å². The monoisotopic (exact) mass is 241 g/mol. The zero-order valence-electron chi connectivity index (χ0n) is 9.37. The molecule has 1 aromatic rings. The molecule has 0 atom stereocenters. The summed E-state index contributed by atoms with van der Waals surface area (Å²) in [6.07, 6.45) is 6.35. The first-order valence-electron chi connectivity index (χ1n) is 5.50. The average molecular weight is 242 g/mol. The summed E-state index contributed by atoms with van der Waals surface area (Å²) >= 11 is 5.67. The fourth-order valence-electron chi connectivity index (χ4n) is 1.30. The number of rotatable bonds is 6. The van der Waals surface area contributed by atoms with Crippen molar-refractivity contribution >= 4 is 23.5 Å². The molecule has 16 heavy (non-hydrogen) atoms. The van der Waals surface area contributed by atoms with Crippen molar-refractivity contribution in [1.29, 1.82) is 0 Å². The lowest BCUT2D eigenvalue weighted by atomic mass is 10.1. The van der Waals surface area contributed by atoms with Crippen molar-refractivity contribution in [2.45, 2.75) is 39.0 Å². The minimum Gasteiger partial charge on any atom is -0.294 e. The molecule has 1 aromatic heterocycles. The van der Waals surface area contributed by atoms with E-state index in [-0.39, 0.29) is 11.9 Å². The summed E-state index contributed by atoms with van der Waals surface area (Å²) < 4.78 is 0. The molecule has 1 N–H and O–H groups in total. The number of halogens is 1. The molecule has 1 rings (SSSR count). The lowest BCUT2D eigenvalue weighted by Crippen LogP contribution is -2.13. The number of unbranched alkanes of at least 4 members (excludes halogenated alkanes) is 3. The Kier molecular flexibility index (Phi) is 5.78. The minimum atomic E-state index is -0.0571. The second-order valence-electron chi connectivity index (χ2n) is 3.56. The smallest absolute Gasteiger partial charge is 0.230 e. The van der Waals surface area contributed by atoms with E-state index in [4.69, 9.17) is 11.6 Å². The highest BCUT2D eigenvalue weighted by Gasteiger charge is 2.04. The van der Waals surface area contributed by atoms with Crippen molar-refractivity contribution in [3.63, 3.8) is 0 Å². The van der Waals surface area contributed by atoms with E-state index in [9.17, 15) is 4.79 Å².